The molecule has 0 saturated heterocycles. The number of hydrogen-bond acceptors (Lipinski definition) is 3. The number of halogens is 2. The molecule has 2 heterocycles. The molecule has 4 nitrogen and oxygen atoms in total. The van der Waals surface area contributed by atoms with Gasteiger partial charge in [0.15, 0.2) is 5.65 Å². The summed E-state index contributed by atoms with van der Waals surface area (Å²) in [6.45, 7) is 5.06. The molecular weight excluding hydrogens is 235 g/mol. The maximum absolute atomic E-state index is 5.92. The fraction of sp³-hybridized carbons (Fsp3) is 0.444. The first kappa shape index (κ1) is 10.6. The average Bonchev–Trinajstić information content (AvgIpc) is 2.45. The zero-order valence-corrected chi connectivity index (χ0v) is 9.92. The summed E-state index contributed by atoms with van der Waals surface area (Å²) < 4.78 is 1.81. The first-order valence-corrected chi connectivity index (χ1v) is 5.38. The van der Waals surface area contributed by atoms with Gasteiger partial charge in [-0.2, -0.15) is 10.1 Å². The van der Waals surface area contributed by atoms with E-state index in [0.29, 0.717) is 16.7 Å². The highest BCUT2D eigenvalue weighted by Gasteiger charge is 2.09. The Kier molecular flexibility index (Phi) is 2.80. The lowest BCUT2D eigenvalue weighted by Crippen LogP contribution is -2.04. The van der Waals surface area contributed by atoms with Crippen molar-refractivity contribution >= 4 is 34.2 Å². The second kappa shape index (κ2) is 3.94. The molecule has 0 radical (unpaired) electrons. The summed E-state index contributed by atoms with van der Waals surface area (Å²) in [6, 6.07) is 0. The molecule has 0 aliphatic rings. The van der Waals surface area contributed by atoms with Crippen LogP contribution in [0.15, 0.2) is 6.20 Å². The predicted molar refractivity (Wildman–Crippen MR) is 60.2 cm³/mol. The van der Waals surface area contributed by atoms with Crippen molar-refractivity contribution in [2.45, 2.75) is 20.4 Å². The second-order valence-corrected chi connectivity index (χ2v) is 4.46. The molecule has 0 spiro atoms. The molecule has 0 fully saturated rings. The molecule has 0 saturated carbocycles. The van der Waals surface area contributed by atoms with Crippen LogP contribution in [-0.4, -0.2) is 19.7 Å². The van der Waals surface area contributed by atoms with Crippen LogP contribution in [0.4, 0.5) is 0 Å². The van der Waals surface area contributed by atoms with Gasteiger partial charge in [0.1, 0.15) is 5.15 Å². The van der Waals surface area contributed by atoms with E-state index >= 15 is 0 Å². The van der Waals surface area contributed by atoms with E-state index in [2.05, 4.69) is 28.9 Å². The van der Waals surface area contributed by atoms with Crippen LogP contribution < -0.4 is 0 Å². The van der Waals surface area contributed by atoms with Gasteiger partial charge in [-0.05, 0) is 17.5 Å². The minimum absolute atomic E-state index is 0.127. The average molecular weight is 245 g/mol. The van der Waals surface area contributed by atoms with Gasteiger partial charge in [0, 0.05) is 12.7 Å². The third-order valence-electron chi connectivity index (χ3n) is 1.91. The molecule has 0 unspecified atom stereocenters. The summed E-state index contributed by atoms with van der Waals surface area (Å²) in [6.07, 6.45) is 1.84. The monoisotopic (exact) mass is 244 g/mol. The molecular formula is C9H10Cl2N4. The molecule has 15 heavy (non-hydrogen) atoms. The normalized spacial score (nSPS) is 11.5. The minimum atomic E-state index is 0.127. The predicted octanol–water partition coefficient (Wildman–Crippen LogP) is 2.79. The van der Waals surface area contributed by atoms with Crippen molar-refractivity contribution in [1.82, 2.24) is 19.7 Å². The number of hydrogen-bond donors (Lipinski definition) is 0. The third-order valence-corrected chi connectivity index (χ3v) is 2.36. The van der Waals surface area contributed by atoms with Crippen LogP contribution in [0.1, 0.15) is 13.8 Å². The Morgan fingerprint density at radius 1 is 1.33 bits per heavy atom. The van der Waals surface area contributed by atoms with Gasteiger partial charge in [-0.1, -0.05) is 25.4 Å². The van der Waals surface area contributed by atoms with Gasteiger partial charge in [0.05, 0.1) is 5.39 Å². The lowest BCUT2D eigenvalue weighted by molar-refractivity contribution is 0.485. The number of nitrogens with zero attached hydrogens (tertiary/aromatic N) is 4. The first-order valence-electron chi connectivity index (χ1n) is 4.62. The van der Waals surface area contributed by atoms with Crippen molar-refractivity contribution < 1.29 is 0 Å². The summed E-state index contributed by atoms with van der Waals surface area (Å²) in [5.74, 6) is 0.515. The highest BCUT2D eigenvalue weighted by atomic mass is 35.5. The van der Waals surface area contributed by atoms with Crippen molar-refractivity contribution in [3.8, 4) is 0 Å². The van der Waals surface area contributed by atoms with E-state index in [1.807, 2.05) is 10.9 Å². The van der Waals surface area contributed by atoms with Gasteiger partial charge in [0.25, 0.3) is 0 Å². The van der Waals surface area contributed by atoms with Crippen LogP contribution in [0, 0.1) is 5.92 Å². The van der Waals surface area contributed by atoms with E-state index in [0.717, 1.165) is 11.9 Å². The largest absolute Gasteiger partial charge is 0.270 e. The molecule has 80 valence electrons. The van der Waals surface area contributed by atoms with Gasteiger partial charge >= 0.3 is 0 Å². The summed E-state index contributed by atoms with van der Waals surface area (Å²) >= 11 is 11.6. The van der Waals surface area contributed by atoms with Crippen molar-refractivity contribution in [2.24, 2.45) is 5.92 Å². The number of aromatic nitrogens is 4. The Labute approximate surface area is 97.2 Å². The fourth-order valence-corrected chi connectivity index (χ4v) is 1.78. The smallest absolute Gasteiger partial charge is 0.225 e. The molecule has 0 aliphatic heterocycles. The number of fused-ring (bicyclic) bond motifs is 1. The molecule has 0 aliphatic carbocycles. The van der Waals surface area contributed by atoms with Crippen molar-refractivity contribution in [2.75, 3.05) is 0 Å². The lowest BCUT2D eigenvalue weighted by Gasteiger charge is -2.02. The summed E-state index contributed by atoms with van der Waals surface area (Å²) in [4.78, 5) is 7.86. The Morgan fingerprint density at radius 2 is 2.07 bits per heavy atom. The summed E-state index contributed by atoms with van der Waals surface area (Å²) in [7, 11) is 0. The van der Waals surface area contributed by atoms with Crippen LogP contribution in [0.25, 0.3) is 11.0 Å². The van der Waals surface area contributed by atoms with E-state index in [1.54, 1.807) is 0 Å². The number of rotatable bonds is 2. The Hall–Kier alpha value is -0.870. The Morgan fingerprint density at radius 3 is 2.73 bits per heavy atom. The highest BCUT2D eigenvalue weighted by molar-refractivity contribution is 6.35. The molecule has 0 N–H and O–H groups in total. The molecule has 0 aromatic carbocycles. The van der Waals surface area contributed by atoms with E-state index in [-0.39, 0.29) is 5.28 Å². The summed E-state index contributed by atoms with van der Waals surface area (Å²) in [5.41, 5.74) is 0.542. The maximum atomic E-state index is 5.92. The van der Waals surface area contributed by atoms with Gasteiger partial charge in [-0.25, -0.2) is 4.98 Å². The second-order valence-electron chi connectivity index (χ2n) is 3.77. The summed E-state index contributed by atoms with van der Waals surface area (Å²) in [5, 5.41) is 5.48. The highest BCUT2D eigenvalue weighted by Crippen LogP contribution is 2.21. The molecule has 2 aromatic heterocycles. The van der Waals surface area contributed by atoms with Gasteiger partial charge in [0.2, 0.25) is 5.28 Å². The van der Waals surface area contributed by atoms with Crippen LogP contribution in [0.2, 0.25) is 10.4 Å². The molecule has 6 heteroatoms. The van der Waals surface area contributed by atoms with Crippen molar-refractivity contribution in [3.63, 3.8) is 0 Å². The van der Waals surface area contributed by atoms with E-state index in [4.69, 9.17) is 23.2 Å². The maximum Gasteiger partial charge on any atom is 0.225 e. The topological polar surface area (TPSA) is 43.6 Å². The first-order chi connectivity index (χ1) is 7.06. The van der Waals surface area contributed by atoms with Gasteiger partial charge in [-0.3, -0.25) is 4.68 Å². The van der Waals surface area contributed by atoms with Gasteiger partial charge in [-0.15, -0.1) is 0 Å². The molecule has 2 rings (SSSR count). The zero-order valence-electron chi connectivity index (χ0n) is 8.41. The van der Waals surface area contributed by atoms with E-state index in [9.17, 15) is 0 Å². The van der Waals surface area contributed by atoms with Gasteiger partial charge < -0.3 is 0 Å². The molecule has 0 atom stereocenters. The quantitative estimate of drug-likeness (QED) is 0.603. The molecule has 0 bridgehead atoms. The third kappa shape index (κ3) is 2.21. The molecule has 2 aromatic rings. The van der Waals surface area contributed by atoms with Crippen molar-refractivity contribution in [1.29, 1.82) is 0 Å². The van der Waals surface area contributed by atoms with Crippen LogP contribution in [0.5, 0.6) is 0 Å². The Balaban J connectivity index is 2.50. The van der Waals surface area contributed by atoms with Crippen LogP contribution in [-0.2, 0) is 6.54 Å². The van der Waals surface area contributed by atoms with E-state index in [1.165, 1.54) is 0 Å². The van der Waals surface area contributed by atoms with E-state index < -0.39 is 0 Å². The zero-order chi connectivity index (χ0) is 11.0. The van der Waals surface area contributed by atoms with Crippen molar-refractivity contribution in [3.05, 3.63) is 16.6 Å². The SMILES string of the molecule is CC(C)Cn1cc2c(Cl)nc(Cl)nc2n1. The standard InChI is InChI=1S/C9H10Cl2N4/c1-5(2)3-15-4-6-7(10)12-9(11)13-8(6)14-15/h4-5H,3H2,1-2H3. The molecule has 0 amide bonds. The van der Waals surface area contributed by atoms with Crippen LogP contribution >= 0.6 is 23.2 Å². The Bertz CT molecular complexity index is 492. The minimum Gasteiger partial charge on any atom is -0.270 e. The fourth-order valence-electron chi connectivity index (χ4n) is 1.36. The lowest BCUT2D eigenvalue weighted by atomic mass is 10.2. The van der Waals surface area contributed by atoms with Crippen LogP contribution in [0.3, 0.4) is 0 Å².